The minimum Gasteiger partial charge on any atom is -0.372 e. The Morgan fingerprint density at radius 3 is 2.74 bits per heavy atom. The second-order valence-corrected chi connectivity index (χ2v) is 5.80. The van der Waals surface area contributed by atoms with E-state index in [1.165, 1.54) is 0 Å². The molecular formula is C14H27ClN2O2. The van der Waals surface area contributed by atoms with Crippen LogP contribution < -0.4 is 5.32 Å². The van der Waals surface area contributed by atoms with Gasteiger partial charge in [-0.15, -0.1) is 12.4 Å². The number of carbonyl (C=O) groups is 1. The summed E-state index contributed by atoms with van der Waals surface area (Å²) >= 11 is 0. The highest BCUT2D eigenvalue weighted by molar-refractivity contribution is 5.85. The lowest BCUT2D eigenvalue weighted by Crippen LogP contribution is -2.52. The molecule has 0 bridgehead atoms. The van der Waals surface area contributed by atoms with E-state index in [1.54, 1.807) is 0 Å². The maximum atomic E-state index is 12.5. The van der Waals surface area contributed by atoms with E-state index in [1.807, 2.05) is 4.90 Å². The molecule has 4 atom stereocenters. The third-order valence-corrected chi connectivity index (χ3v) is 4.07. The van der Waals surface area contributed by atoms with Crippen LogP contribution in [0.15, 0.2) is 0 Å². The van der Waals surface area contributed by atoms with E-state index in [0.29, 0.717) is 11.9 Å². The number of nitrogens with zero attached hydrogens (tertiary/aromatic N) is 1. The van der Waals surface area contributed by atoms with E-state index < -0.39 is 0 Å². The molecule has 0 aromatic rings. The van der Waals surface area contributed by atoms with Crippen LogP contribution in [0.1, 0.15) is 40.0 Å². The lowest BCUT2D eigenvalue weighted by atomic mass is 9.91. The molecule has 2 aliphatic heterocycles. The van der Waals surface area contributed by atoms with Crippen molar-refractivity contribution in [2.45, 2.75) is 58.3 Å². The first-order valence-electron chi connectivity index (χ1n) is 7.27. The van der Waals surface area contributed by atoms with Crippen LogP contribution in [0.25, 0.3) is 0 Å². The van der Waals surface area contributed by atoms with Crippen molar-refractivity contribution in [3.63, 3.8) is 0 Å². The molecule has 19 heavy (non-hydrogen) atoms. The summed E-state index contributed by atoms with van der Waals surface area (Å²) < 4.78 is 5.82. The predicted octanol–water partition coefficient (Wildman–Crippen LogP) is 1.82. The zero-order valence-corrected chi connectivity index (χ0v) is 13.0. The van der Waals surface area contributed by atoms with E-state index in [9.17, 15) is 4.79 Å². The summed E-state index contributed by atoms with van der Waals surface area (Å²) in [6.45, 7) is 8.85. The molecule has 0 saturated carbocycles. The number of halogens is 1. The third kappa shape index (κ3) is 4.33. The number of hydrogen-bond acceptors (Lipinski definition) is 3. The van der Waals surface area contributed by atoms with E-state index in [4.69, 9.17) is 4.74 Å². The Bertz CT molecular complexity index is 301. The van der Waals surface area contributed by atoms with Gasteiger partial charge in [-0.3, -0.25) is 4.79 Å². The van der Waals surface area contributed by atoms with Gasteiger partial charge in [-0.25, -0.2) is 0 Å². The molecule has 1 N–H and O–H groups in total. The van der Waals surface area contributed by atoms with Crippen LogP contribution in [0.3, 0.4) is 0 Å². The number of piperidine rings is 1. The van der Waals surface area contributed by atoms with Gasteiger partial charge in [0.15, 0.2) is 0 Å². The number of rotatable bonds is 2. The van der Waals surface area contributed by atoms with E-state index >= 15 is 0 Å². The Labute approximate surface area is 122 Å². The van der Waals surface area contributed by atoms with Crippen molar-refractivity contribution < 1.29 is 9.53 Å². The minimum absolute atomic E-state index is 0. The summed E-state index contributed by atoms with van der Waals surface area (Å²) in [5.74, 6) is 0.556. The Kier molecular flexibility index (Phi) is 6.57. The van der Waals surface area contributed by atoms with Gasteiger partial charge in [-0.2, -0.15) is 0 Å². The summed E-state index contributed by atoms with van der Waals surface area (Å²) in [5, 5.41) is 3.40. The molecular weight excluding hydrogens is 264 g/mol. The van der Waals surface area contributed by atoms with Crippen LogP contribution in [-0.2, 0) is 9.53 Å². The molecule has 2 aliphatic rings. The lowest BCUT2D eigenvalue weighted by molar-refractivity contribution is -0.149. The first-order chi connectivity index (χ1) is 8.60. The van der Waals surface area contributed by atoms with Gasteiger partial charge in [-0.1, -0.05) is 6.92 Å². The highest BCUT2D eigenvalue weighted by Gasteiger charge is 2.33. The van der Waals surface area contributed by atoms with Gasteiger partial charge < -0.3 is 15.0 Å². The summed E-state index contributed by atoms with van der Waals surface area (Å²) in [6.07, 6.45) is 3.33. The molecule has 2 fully saturated rings. The monoisotopic (exact) mass is 290 g/mol. The first-order valence-corrected chi connectivity index (χ1v) is 7.27. The number of morpholine rings is 1. The smallest absolute Gasteiger partial charge is 0.225 e. The summed E-state index contributed by atoms with van der Waals surface area (Å²) in [4.78, 5) is 14.6. The van der Waals surface area contributed by atoms with Crippen LogP contribution in [0.5, 0.6) is 0 Å². The molecule has 2 unspecified atom stereocenters. The van der Waals surface area contributed by atoms with Gasteiger partial charge >= 0.3 is 0 Å². The molecule has 0 aliphatic carbocycles. The zero-order chi connectivity index (χ0) is 13.1. The molecule has 1 amide bonds. The van der Waals surface area contributed by atoms with Gasteiger partial charge in [0.05, 0.1) is 12.2 Å². The van der Waals surface area contributed by atoms with Gasteiger partial charge in [0.1, 0.15) is 0 Å². The molecule has 112 valence electrons. The van der Waals surface area contributed by atoms with Crippen LogP contribution >= 0.6 is 12.4 Å². The van der Waals surface area contributed by atoms with Crippen molar-refractivity contribution in [2.75, 3.05) is 19.6 Å². The highest BCUT2D eigenvalue weighted by Crippen LogP contribution is 2.22. The second-order valence-electron chi connectivity index (χ2n) is 5.80. The maximum absolute atomic E-state index is 12.5. The summed E-state index contributed by atoms with van der Waals surface area (Å²) in [5.41, 5.74) is 0. The van der Waals surface area contributed by atoms with Crippen molar-refractivity contribution in [1.82, 2.24) is 10.2 Å². The maximum Gasteiger partial charge on any atom is 0.225 e. The minimum atomic E-state index is 0. The van der Waals surface area contributed by atoms with E-state index in [2.05, 4.69) is 26.1 Å². The van der Waals surface area contributed by atoms with Crippen molar-refractivity contribution in [1.29, 1.82) is 0 Å². The van der Waals surface area contributed by atoms with Crippen LogP contribution in [-0.4, -0.2) is 48.7 Å². The Morgan fingerprint density at radius 1 is 1.37 bits per heavy atom. The Balaban J connectivity index is 0.00000180. The number of ether oxygens (including phenoxy) is 1. The fourth-order valence-electron chi connectivity index (χ4n) is 3.06. The summed E-state index contributed by atoms with van der Waals surface area (Å²) in [7, 11) is 0. The van der Waals surface area contributed by atoms with Crippen molar-refractivity contribution in [3.8, 4) is 0 Å². The molecule has 2 heterocycles. The second kappa shape index (κ2) is 7.46. The molecule has 0 spiro atoms. The number of hydrogen-bond donors (Lipinski definition) is 1. The zero-order valence-electron chi connectivity index (χ0n) is 12.2. The fourth-order valence-corrected chi connectivity index (χ4v) is 3.06. The third-order valence-electron chi connectivity index (χ3n) is 4.07. The van der Waals surface area contributed by atoms with E-state index in [-0.39, 0.29) is 30.5 Å². The van der Waals surface area contributed by atoms with Gasteiger partial charge in [0.2, 0.25) is 5.91 Å². The largest absolute Gasteiger partial charge is 0.372 e. The molecule has 0 radical (unpaired) electrons. The van der Waals surface area contributed by atoms with Crippen LogP contribution in [0.4, 0.5) is 0 Å². The quantitative estimate of drug-likeness (QED) is 0.843. The predicted molar refractivity (Wildman–Crippen MR) is 78.6 cm³/mol. The van der Waals surface area contributed by atoms with Gasteiger partial charge in [0.25, 0.3) is 0 Å². The van der Waals surface area contributed by atoms with Crippen LogP contribution in [0, 0.1) is 5.92 Å². The standard InChI is InChI=1S/C14H26N2O2.ClH/c1-4-13-9-16(8-11(3)18-13)14(17)12-5-6-15-10(2)7-12;/h10-13,15H,4-9H2,1-3H3;1H/t10-,11?,12-,13?;/m0./s1. The average molecular weight is 291 g/mol. The molecule has 2 saturated heterocycles. The van der Waals surface area contributed by atoms with Crippen LogP contribution in [0.2, 0.25) is 0 Å². The lowest BCUT2D eigenvalue weighted by Gasteiger charge is -2.39. The fraction of sp³-hybridized carbons (Fsp3) is 0.929. The Morgan fingerprint density at radius 2 is 2.11 bits per heavy atom. The average Bonchev–Trinajstić information content (AvgIpc) is 2.37. The molecule has 0 aromatic heterocycles. The molecule has 2 rings (SSSR count). The van der Waals surface area contributed by atoms with Gasteiger partial charge in [-0.05, 0) is 39.7 Å². The normalized spacial score (nSPS) is 35.6. The van der Waals surface area contributed by atoms with E-state index in [0.717, 1.165) is 38.9 Å². The van der Waals surface area contributed by atoms with Crippen molar-refractivity contribution >= 4 is 18.3 Å². The van der Waals surface area contributed by atoms with Crippen molar-refractivity contribution in [2.24, 2.45) is 5.92 Å². The number of amides is 1. The van der Waals surface area contributed by atoms with Gasteiger partial charge in [0, 0.05) is 25.0 Å². The summed E-state index contributed by atoms with van der Waals surface area (Å²) in [6, 6.07) is 0.466. The first kappa shape index (κ1) is 16.7. The highest BCUT2D eigenvalue weighted by atomic mass is 35.5. The number of carbonyl (C=O) groups excluding carboxylic acids is 1. The topological polar surface area (TPSA) is 41.6 Å². The SMILES string of the molecule is CCC1CN(C(=O)[C@H]2CCN[C@@H](C)C2)CC(C)O1.Cl. The van der Waals surface area contributed by atoms with Crippen molar-refractivity contribution in [3.05, 3.63) is 0 Å². The number of nitrogens with one attached hydrogen (secondary N) is 1. The molecule has 5 heteroatoms. The molecule has 0 aromatic carbocycles. The Hall–Kier alpha value is -0.320. The molecule has 4 nitrogen and oxygen atoms in total.